The van der Waals surface area contributed by atoms with Gasteiger partial charge in [0.1, 0.15) is 23.5 Å². The van der Waals surface area contributed by atoms with E-state index >= 15 is 0 Å². The molecule has 0 saturated carbocycles. The Hall–Kier alpha value is -2.18. The number of nitrogens with zero attached hydrogens (tertiary/aromatic N) is 1. The van der Waals surface area contributed by atoms with Gasteiger partial charge in [0.05, 0.1) is 11.3 Å². The number of benzene rings is 2. The zero-order chi connectivity index (χ0) is 20.1. The van der Waals surface area contributed by atoms with Gasteiger partial charge in [-0.2, -0.15) is 13.2 Å². The van der Waals surface area contributed by atoms with Gasteiger partial charge in [-0.25, -0.2) is 0 Å². The minimum atomic E-state index is -4.43. The Morgan fingerprint density at radius 2 is 1.86 bits per heavy atom. The Labute approximate surface area is 170 Å². The molecule has 0 amide bonds. The lowest BCUT2D eigenvalue weighted by atomic mass is 10.1. The number of ether oxygens (including phenoxy) is 1. The van der Waals surface area contributed by atoms with E-state index in [-0.39, 0.29) is 23.3 Å². The second-order valence-electron chi connectivity index (χ2n) is 6.05. The third-order valence-electron chi connectivity index (χ3n) is 4.25. The topological polar surface area (TPSA) is 30.8 Å². The van der Waals surface area contributed by atoms with E-state index in [1.54, 1.807) is 0 Å². The van der Waals surface area contributed by atoms with Crippen molar-refractivity contribution in [3.63, 3.8) is 0 Å². The molecule has 28 heavy (non-hydrogen) atoms. The van der Waals surface area contributed by atoms with Crippen molar-refractivity contribution < 1.29 is 22.7 Å². The average Bonchev–Trinajstić information content (AvgIpc) is 3.05. The Bertz CT molecular complexity index is 907. The fourth-order valence-electron chi connectivity index (χ4n) is 3.00. The third kappa shape index (κ3) is 5.00. The van der Waals surface area contributed by atoms with Gasteiger partial charge in [-0.1, -0.05) is 58.7 Å². The molecule has 0 unspecified atom stereocenters. The summed E-state index contributed by atoms with van der Waals surface area (Å²) >= 11 is 11.1. The molecule has 8 heteroatoms. The maximum Gasteiger partial charge on any atom is 0.416 e. The molecule has 0 spiro atoms. The molecule has 3 nitrogen and oxygen atoms in total. The molecule has 0 bridgehead atoms. The highest BCUT2D eigenvalue weighted by atomic mass is 35.5. The molecular weight excluding hydrogens is 414 g/mol. The third-order valence-corrected chi connectivity index (χ3v) is 4.56. The Morgan fingerprint density at radius 3 is 2.61 bits per heavy atom. The van der Waals surface area contributed by atoms with Crippen LogP contribution < -0.4 is 4.74 Å². The van der Waals surface area contributed by atoms with Crippen molar-refractivity contribution in [3.8, 4) is 5.75 Å². The van der Waals surface area contributed by atoms with E-state index in [2.05, 4.69) is 5.16 Å². The van der Waals surface area contributed by atoms with Crippen molar-refractivity contribution in [3.05, 3.63) is 75.3 Å². The van der Waals surface area contributed by atoms with Crippen LogP contribution in [0.2, 0.25) is 0 Å². The summed E-state index contributed by atoms with van der Waals surface area (Å²) in [6.07, 6.45) is -1.58. The number of hydrogen-bond acceptors (Lipinski definition) is 3. The molecule has 2 aromatic carbocycles. The summed E-state index contributed by atoms with van der Waals surface area (Å²) < 4.78 is 44.9. The van der Waals surface area contributed by atoms with Gasteiger partial charge >= 0.3 is 6.18 Å². The molecular formula is C20H16Cl2F3NO2. The van der Waals surface area contributed by atoms with Crippen LogP contribution in [0.5, 0.6) is 5.75 Å². The molecule has 0 radical (unpaired) electrons. The van der Waals surface area contributed by atoms with E-state index in [0.29, 0.717) is 24.3 Å². The fourth-order valence-corrected chi connectivity index (χ4v) is 3.12. The van der Waals surface area contributed by atoms with Crippen LogP contribution in [0.3, 0.4) is 0 Å². The first-order valence-electron chi connectivity index (χ1n) is 8.46. The quantitative estimate of drug-likeness (QED) is 0.506. The van der Waals surface area contributed by atoms with Gasteiger partial charge < -0.3 is 9.57 Å². The first kappa shape index (κ1) is 20.6. The standard InChI is InChI=1S/C20H16Cl2F3NO2/c21-19(22)10-11-27-18-7-3-5-14-15(18)8-9-17(14)26-28-12-13-4-1-2-6-16(13)20(23,24)25/h1-7,10H,8-9,11-12H2/b26-17+. The van der Waals surface area contributed by atoms with E-state index in [1.165, 1.54) is 24.3 Å². The van der Waals surface area contributed by atoms with Crippen molar-refractivity contribution >= 4 is 28.9 Å². The number of rotatable bonds is 6. The second-order valence-corrected chi connectivity index (χ2v) is 7.06. The van der Waals surface area contributed by atoms with Gasteiger partial charge in [0, 0.05) is 16.7 Å². The lowest BCUT2D eigenvalue weighted by Gasteiger charge is -2.12. The van der Waals surface area contributed by atoms with Gasteiger partial charge in [0.15, 0.2) is 0 Å². The molecule has 1 aliphatic carbocycles. The van der Waals surface area contributed by atoms with Crippen LogP contribution >= 0.6 is 23.2 Å². The SMILES string of the molecule is FC(F)(F)c1ccccc1CO/N=C1\CCc2c(OCC=C(Cl)Cl)cccc21. The highest BCUT2D eigenvalue weighted by Crippen LogP contribution is 2.33. The maximum atomic E-state index is 13.0. The monoisotopic (exact) mass is 429 g/mol. The van der Waals surface area contributed by atoms with E-state index in [0.717, 1.165) is 17.2 Å². The molecule has 0 fully saturated rings. The minimum Gasteiger partial charge on any atom is -0.489 e. The van der Waals surface area contributed by atoms with Crippen molar-refractivity contribution in [1.82, 2.24) is 0 Å². The molecule has 2 aromatic rings. The van der Waals surface area contributed by atoms with E-state index in [1.807, 2.05) is 18.2 Å². The molecule has 0 heterocycles. The molecule has 0 aliphatic heterocycles. The highest BCUT2D eigenvalue weighted by Gasteiger charge is 2.33. The lowest BCUT2D eigenvalue weighted by Crippen LogP contribution is -2.09. The van der Waals surface area contributed by atoms with Crippen LogP contribution in [0.1, 0.15) is 28.7 Å². The second kappa shape index (κ2) is 8.88. The van der Waals surface area contributed by atoms with Crippen LogP contribution in [0, 0.1) is 0 Å². The minimum absolute atomic E-state index is 0.0411. The lowest BCUT2D eigenvalue weighted by molar-refractivity contribution is -0.138. The molecule has 0 saturated heterocycles. The first-order chi connectivity index (χ1) is 13.4. The summed E-state index contributed by atoms with van der Waals surface area (Å²) in [4.78, 5) is 5.25. The normalized spacial score (nSPS) is 14.7. The van der Waals surface area contributed by atoms with Crippen molar-refractivity contribution in [1.29, 1.82) is 0 Å². The van der Waals surface area contributed by atoms with Crippen LogP contribution in [0.25, 0.3) is 0 Å². The zero-order valence-electron chi connectivity index (χ0n) is 14.6. The molecule has 3 rings (SSSR count). The van der Waals surface area contributed by atoms with Gasteiger partial charge in [-0.15, -0.1) is 0 Å². The molecule has 1 aliphatic rings. The first-order valence-corrected chi connectivity index (χ1v) is 9.22. The van der Waals surface area contributed by atoms with E-state index in [4.69, 9.17) is 32.8 Å². The van der Waals surface area contributed by atoms with Crippen molar-refractivity contribution in [2.24, 2.45) is 5.16 Å². The van der Waals surface area contributed by atoms with E-state index < -0.39 is 11.7 Å². The predicted molar refractivity (Wildman–Crippen MR) is 103 cm³/mol. The van der Waals surface area contributed by atoms with Crippen LogP contribution in [-0.2, 0) is 24.0 Å². The van der Waals surface area contributed by atoms with Gasteiger partial charge in [0.25, 0.3) is 0 Å². The smallest absolute Gasteiger partial charge is 0.416 e. The summed E-state index contributed by atoms with van der Waals surface area (Å²) in [7, 11) is 0. The summed E-state index contributed by atoms with van der Waals surface area (Å²) in [6.45, 7) is -0.0281. The van der Waals surface area contributed by atoms with Crippen molar-refractivity contribution in [2.75, 3.05) is 6.61 Å². The number of halogens is 5. The molecule has 0 N–H and O–H groups in total. The van der Waals surface area contributed by atoms with Crippen molar-refractivity contribution in [2.45, 2.75) is 25.6 Å². The van der Waals surface area contributed by atoms with Gasteiger partial charge in [-0.3, -0.25) is 0 Å². The summed E-state index contributed by atoms with van der Waals surface area (Å²) in [5.74, 6) is 0.691. The zero-order valence-corrected chi connectivity index (χ0v) is 16.1. The summed E-state index contributed by atoms with van der Waals surface area (Å²) in [5.41, 5.74) is 1.83. The maximum absolute atomic E-state index is 13.0. The van der Waals surface area contributed by atoms with Gasteiger partial charge in [0.2, 0.25) is 0 Å². The summed E-state index contributed by atoms with van der Waals surface area (Å²) in [5, 5.41) is 4.07. The Kier molecular flexibility index (Phi) is 6.52. The van der Waals surface area contributed by atoms with Crippen LogP contribution in [0.4, 0.5) is 13.2 Å². The number of fused-ring (bicyclic) bond motifs is 1. The predicted octanol–water partition coefficient (Wildman–Crippen LogP) is 6.27. The summed E-state index contributed by atoms with van der Waals surface area (Å²) in [6, 6.07) is 10.8. The number of oxime groups is 1. The molecule has 148 valence electrons. The Morgan fingerprint density at radius 1 is 1.07 bits per heavy atom. The van der Waals surface area contributed by atoms with Gasteiger partial charge in [-0.05, 0) is 31.1 Å². The largest absolute Gasteiger partial charge is 0.489 e. The highest BCUT2D eigenvalue weighted by molar-refractivity contribution is 6.55. The Balaban J connectivity index is 1.71. The number of alkyl halides is 3. The van der Waals surface area contributed by atoms with Crippen LogP contribution in [0.15, 0.2) is 58.2 Å². The van der Waals surface area contributed by atoms with Crippen LogP contribution in [-0.4, -0.2) is 12.3 Å². The fraction of sp³-hybridized carbons (Fsp3) is 0.250. The molecule has 0 aromatic heterocycles. The number of hydrogen-bond donors (Lipinski definition) is 0. The van der Waals surface area contributed by atoms with E-state index in [9.17, 15) is 13.2 Å². The average molecular weight is 430 g/mol. The molecule has 0 atom stereocenters.